The van der Waals surface area contributed by atoms with Gasteiger partial charge in [0, 0.05) is 23.4 Å². The number of hydrogen-bond donors (Lipinski definition) is 0. The van der Waals surface area contributed by atoms with Crippen LogP contribution in [0.4, 0.5) is 0 Å². The van der Waals surface area contributed by atoms with E-state index < -0.39 is 0 Å². The number of nitrogens with zero attached hydrogens (tertiary/aromatic N) is 5. The molecule has 0 N–H and O–H groups in total. The fourth-order valence-electron chi connectivity index (χ4n) is 4.25. The number of methoxy groups -OCH3 is 1. The van der Waals surface area contributed by atoms with Crippen molar-refractivity contribution in [3.05, 3.63) is 76.7 Å². The lowest BCUT2D eigenvalue weighted by molar-refractivity contribution is 0.311. The molecule has 5 aromatic rings. The van der Waals surface area contributed by atoms with Crippen LogP contribution in [-0.4, -0.2) is 38.5 Å². The van der Waals surface area contributed by atoms with Gasteiger partial charge in [0.1, 0.15) is 5.56 Å². The summed E-state index contributed by atoms with van der Waals surface area (Å²) >= 11 is 0. The van der Waals surface area contributed by atoms with E-state index in [9.17, 15) is 0 Å². The van der Waals surface area contributed by atoms with Gasteiger partial charge in [0.2, 0.25) is 5.82 Å². The lowest BCUT2D eigenvalue weighted by atomic mass is 9.99. The van der Waals surface area contributed by atoms with Gasteiger partial charge in [0.25, 0.3) is 5.89 Å². The molecule has 3 heterocycles. The summed E-state index contributed by atoms with van der Waals surface area (Å²) in [6.45, 7) is 8.71. The fourth-order valence-corrected chi connectivity index (χ4v) is 4.25. The number of hydrogen-bond acceptors (Lipinski definition) is 7. The molecule has 178 valence electrons. The van der Waals surface area contributed by atoms with Crippen molar-refractivity contribution in [1.82, 2.24) is 24.7 Å². The number of rotatable bonds is 7. The first-order chi connectivity index (χ1) is 17.0. The first-order valence-corrected chi connectivity index (χ1v) is 11.5. The molecular weight excluding hydrogens is 442 g/mol. The summed E-state index contributed by atoms with van der Waals surface area (Å²) < 4.78 is 18.5. The van der Waals surface area contributed by atoms with Crippen molar-refractivity contribution in [1.29, 1.82) is 0 Å². The van der Waals surface area contributed by atoms with Crippen LogP contribution in [0, 0.1) is 20.8 Å². The quantitative estimate of drug-likeness (QED) is 0.317. The van der Waals surface area contributed by atoms with Crippen molar-refractivity contribution in [2.75, 3.05) is 13.7 Å². The molecule has 0 aliphatic rings. The van der Waals surface area contributed by atoms with Crippen LogP contribution in [0.2, 0.25) is 0 Å². The van der Waals surface area contributed by atoms with Gasteiger partial charge in [-0.05, 0) is 62.6 Å². The minimum atomic E-state index is 0.362. The van der Waals surface area contributed by atoms with Gasteiger partial charge in [-0.15, -0.1) is 0 Å². The van der Waals surface area contributed by atoms with E-state index in [4.69, 9.17) is 19.0 Å². The predicted octanol–water partition coefficient (Wildman–Crippen LogP) is 5.37. The largest absolute Gasteiger partial charge is 0.493 e. The molecule has 0 radical (unpaired) electrons. The summed E-state index contributed by atoms with van der Waals surface area (Å²) in [5.41, 5.74) is 7.83. The Balaban J connectivity index is 1.51. The normalized spacial score (nSPS) is 11.2. The van der Waals surface area contributed by atoms with Gasteiger partial charge < -0.3 is 14.0 Å². The van der Waals surface area contributed by atoms with E-state index in [1.54, 1.807) is 13.3 Å². The van der Waals surface area contributed by atoms with Crippen LogP contribution in [0.15, 0.2) is 53.2 Å². The maximum atomic E-state index is 5.62. The van der Waals surface area contributed by atoms with Gasteiger partial charge in [-0.2, -0.15) is 10.1 Å². The number of ether oxygens (including phenoxy) is 2. The van der Waals surface area contributed by atoms with Crippen LogP contribution in [0.25, 0.3) is 28.5 Å². The Morgan fingerprint density at radius 2 is 1.83 bits per heavy atom. The molecule has 0 aliphatic carbocycles. The molecular formula is C27H27N5O3. The Kier molecular flexibility index (Phi) is 5.94. The molecule has 0 bridgehead atoms. The summed E-state index contributed by atoms with van der Waals surface area (Å²) in [4.78, 5) is 9.49. The summed E-state index contributed by atoms with van der Waals surface area (Å²) in [5.74, 6) is 2.09. The topological polar surface area (TPSA) is 87.6 Å². The third kappa shape index (κ3) is 4.12. The standard InChI is InChI=1S/C27H27N5O3/c1-6-34-23-12-11-20(14-24(23)33-5)25-30-27(35-31-25)22-15-28-32-18(4)21(17(3)29-26(22)32)13-19-10-8-7-9-16(19)2/h7-12,14-15H,6,13H2,1-5H3. The van der Waals surface area contributed by atoms with Gasteiger partial charge in [0.05, 0.1) is 19.9 Å². The molecule has 0 saturated heterocycles. The molecule has 0 saturated carbocycles. The SMILES string of the molecule is CCOc1ccc(-c2noc(-c3cnn4c(C)c(Cc5ccccc5C)c(C)nc34)n2)cc1OC. The van der Waals surface area contributed by atoms with E-state index in [0.717, 1.165) is 28.9 Å². The predicted molar refractivity (Wildman–Crippen MR) is 133 cm³/mol. The van der Waals surface area contributed by atoms with E-state index in [1.807, 2.05) is 36.6 Å². The molecule has 8 nitrogen and oxygen atoms in total. The molecule has 35 heavy (non-hydrogen) atoms. The molecule has 8 heteroatoms. The van der Waals surface area contributed by atoms with E-state index in [0.29, 0.717) is 41.0 Å². The average Bonchev–Trinajstić information content (AvgIpc) is 3.51. The van der Waals surface area contributed by atoms with Crippen molar-refractivity contribution < 1.29 is 14.0 Å². The van der Waals surface area contributed by atoms with Crippen molar-refractivity contribution in [3.8, 4) is 34.3 Å². The van der Waals surface area contributed by atoms with Crippen LogP contribution in [-0.2, 0) is 6.42 Å². The third-order valence-electron chi connectivity index (χ3n) is 6.22. The molecule has 0 amide bonds. The highest BCUT2D eigenvalue weighted by molar-refractivity contribution is 5.73. The lowest BCUT2D eigenvalue weighted by Gasteiger charge is -2.13. The molecule has 0 unspecified atom stereocenters. The number of benzene rings is 2. The molecule has 3 aromatic heterocycles. The summed E-state index contributed by atoms with van der Waals surface area (Å²) in [6, 6.07) is 14.0. The second-order valence-electron chi connectivity index (χ2n) is 8.38. The molecule has 0 fully saturated rings. The van der Waals surface area contributed by atoms with Crippen LogP contribution >= 0.6 is 0 Å². The minimum Gasteiger partial charge on any atom is -0.493 e. The third-order valence-corrected chi connectivity index (χ3v) is 6.22. The molecule has 5 rings (SSSR count). The van der Waals surface area contributed by atoms with E-state index >= 15 is 0 Å². The van der Waals surface area contributed by atoms with Crippen molar-refractivity contribution in [2.24, 2.45) is 0 Å². The number of fused-ring (bicyclic) bond motifs is 1. The van der Waals surface area contributed by atoms with Crippen LogP contribution in [0.3, 0.4) is 0 Å². The van der Waals surface area contributed by atoms with Crippen molar-refractivity contribution in [3.63, 3.8) is 0 Å². The average molecular weight is 470 g/mol. The van der Waals surface area contributed by atoms with E-state index in [2.05, 4.69) is 53.4 Å². The zero-order chi connectivity index (χ0) is 24.5. The second-order valence-corrected chi connectivity index (χ2v) is 8.38. The lowest BCUT2D eigenvalue weighted by Crippen LogP contribution is -2.07. The molecule has 0 aliphatic heterocycles. The van der Waals surface area contributed by atoms with Gasteiger partial charge in [0.15, 0.2) is 17.1 Å². The number of aromatic nitrogens is 5. The Morgan fingerprint density at radius 3 is 2.60 bits per heavy atom. The highest BCUT2D eigenvalue weighted by Crippen LogP contribution is 2.33. The van der Waals surface area contributed by atoms with Crippen molar-refractivity contribution in [2.45, 2.75) is 34.1 Å². The fraction of sp³-hybridized carbons (Fsp3) is 0.259. The van der Waals surface area contributed by atoms with Crippen molar-refractivity contribution >= 4 is 5.65 Å². The highest BCUT2D eigenvalue weighted by atomic mass is 16.5. The monoisotopic (exact) mass is 469 g/mol. The molecule has 2 aromatic carbocycles. The Hall–Kier alpha value is -4.20. The van der Waals surface area contributed by atoms with Crippen LogP contribution in [0.5, 0.6) is 11.5 Å². The van der Waals surface area contributed by atoms with Crippen LogP contribution in [0.1, 0.15) is 35.0 Å². The minimum absolute atomic E-state index is 0.362. The van der Waals surface area contributed by atoms with Gasteiger partial charge in [-0.25, -0.2) is 9.50 Å². The molecule has 0 spiro atoms. The number of aryl methyl sites for hydroxylation is 3. The van der Waals surface area contributed by atoms with Gasteiger partial charge in [-0.1, -0.05) is 29.4 Å². The summed E-state index contributed by atoms with van der Waals surface area (Å²) in [7, 11) is 1.60. The smallest absolute Gasteiger partial charge is 0.263 e. The zero-order valence-electron chi connectivity index (χ0n) is 20.5. The first kappa shape index (κ1) is 22.6. The Morgan fingerprint density at radius 1 is 1.00 bits per heavy atom. The Labute approximate surface area is 203 Å². The van der Waals surface area contributed by atoms with Crippen LogP contribution < -0.4 is 9.47 Å². The van der Waals surface area contributed by atoms with E-state index in [1.165, 1.54) is 11.1 Å². The van der Waals surface area contributed by atoms with E-state index in [-0.39, 0.29) is 0 Å². The Bertz CT molecular complexity index is 1520. The second kappa shape index (κ2) is 9.21. The summed E-state index contributed by atoms with van der Waals surface area (Å²) in [5, 5.41) is 8.77. The first-order valence-electron chi connectivity index (χ1n) is 11.5. The molecule has 0 atom stereocenters. The zero-order valence-corrected chi connectivity index (χ0v) is 20.5. The highest BCUT2D eigenvalue weighted by Gasteiger charge is 2.20. The maximum absolute atomic E-state index is 5.62. The van der Waals surface area contributed by atoms with Gasteiger partial charge in [-0.3, -0.25) is 0 Å². The summed E-state index contributed by atoms with van der Waals surface area (Å²) in [6.07, 6.45) is 2.52. The van der Waals surface area contributed by atoms with Gasteiger partial charge >= 0.3 is 0 Å². The maximum Gasteiger partial charge on any atom is 0.263 e.